The highest BCUT2D eigenvalue weighted by molar-refractivity contribution is 5.68. The average Bonchev–Trinajstić information content (AvgIpc) is 2.99. The van der Waals surface area contributed by atoms with E-state index in [0.29, 0.717) is 18.6 Å². The second-order valence-corrected chi connectivity index (χ2v) is 5.25. The number of benzene rings is 1. The number of fused-ring (bicyclic) bond motifs is 1. The number of hydrogen-bond donors (Lipinski definition) is 0. The van der Waals surface area contributed by atoms with E-state index in [1.54, 1.807) is 0 Å². The number of likely N-dealkylation sites (tertiary alicyclic amines) is 1. The highest BCUT2D eigenvalue weighted by atomic mass is 16.6. The SMILES string of the molecule is CCOC(=O)N1CC2CCN(c3ccccc3)C2C1. The lowest BCUT2D eigenvalue weighted by Gasteiger charge is -2.26. The molecule has 0 aromatic heterocycles. The third-order valence-electron chi connectivity index (χ3n) is 4.16. The molecule has 1 aromatic rings. The summed E-state index contributed by atoms with van der Waals surface area (Å²) < 4.78 is 5.10. The second kappa shape index (κ2) is 5.11. The molecule has 0 saturated carbocycles. The lowest BCUT2D eigenvalue weighted by atomic mass is 10.1. The number of carbonyl (C=O) groups is 1. The molecule has 4 heteroatoms. The van der Waals surface area contributed by atoms with Crippen LogP contribution in [-0.2, 0) is 4.74 Å². The van der Waals surface area contributed by atoms with E-state index in [2.05, 4.69) is 29.2 Å². The Hall–Kier alpha value is -1.71. The van der Waals surface area contributed by atoms with Gasteiger partial charge in [-0.2, -0.15) is 0 Å². The van der Waals surface area contributed by atoms with Crippen molar-refractivity contribution in [3.05, 3.63) is 30.3 Å². The maximum absolute atomic E-state index is 11.8. The lowest BCUT2D eigenvalue weighted by Crippen LogP contribution is -2.37. The molecule has 2 atom stereocenters. The molecule has 0 N–H and O–H groups in total. The van der Waals surface area contributed by atoms with E-state index >= 15 is 0 Å². The van der Waals surface area contributed by atoms with Crippen molar-refractivity contribution in [2.75, 3.05) is 31.1 Å². The van der Waals surface area contributed by atoms with Gasteiger partial charge in [-0.3, -0.25) is 0 Å². The van der Waals surface area contributed by atoms with Crippen LogP contribution in [0.25, 0.3) is 0 Å². The quantitative estimate of drug-likeness (QED) is 0.818. The number of carbonyl (C=O) groups excluding carboxylic acids is 1. The number of hydrogen-bond acceptors (Lipinski definition) is 3. The zero-order chi connectivity index (χ0) is 13.2. The van der Waals surface area contributed by atoms with Gasteiger partial charge in [0.25, 0.3) is 0 Å². The summed E-state index contributed by atoms with van der Waals surface area (Å²) in [7, 11) is 0. The molecule has 2 unspecified atom stereocenters. The molecule has 19 heavy (non-hydrogen) atoms. The fourth-order valence-electron chi connectivity index (χ4n) is 3.27. The summed E-state index contributed by atoms with van der Waals surface area (Å²) in [6.07, 6.45) is 1.00. The van der Waals surface area contributed by atoms with Crippen LogP contribution in [-0.4, -0.2) is 43.3 Å². The predicted molar refractivity (Wildman–Crippen MR) is 74.3 cm³/mol. The number of anilines is 1. The van der Waals surface area contributed by atoms with E-state index in [4.69, 9.17) is 4.74 Å². The Labute approximate surface area is 113 Å². The van der Waals surface area contributed by atoms with Gasteiger partial charge in [-0.05, 0) is 25.5 Å². The number of rotatable bonds is 2. The number of ether oxygens (including phenoxy) is 1. The van der Waals surface area contributed by atoms with Gasteiger partial charge in [-0.1, -0.05) is 18.2 Å². The van der Waals surface area contributed by atoms with Gasteiger partial charge >= 0.3 is 6.09 Å². The smallest absolute Gasteiger partial charge is 0.409 e. The van der Waals surface area contributed by atoms with Crippen LogP contribution < -0.4 is 4.90 Å². The first-order valence-electron chi connectivity index (χ1n) is 7.03. The Balaban J connectivity index is 1.71. The van der Waals surface area contributed by atoms with E-state index in [1.165, 1.54) is 5.69 Å². The molecule has 2 aliphatic rings. The molecule has 4 nitrogen and oxygen atoms in total. The van der Waals surface area contributed by atoms with E-state index < -0.39 is 0 Å². The normalized spacial score (nSPS) is 25.5. The van der Waals surface area contributed by atoms with Crippen molar-refractivity contribution < 1.29 is 9.53 Å². The summed E-state index contributed by atoms with van der Waals surface area (Å²) in [5, 5.41) is 0. The number of amides is 1. The first-order valence-corrected chi connectivity index (χ1v) is 7.03. The van der Waals surface area contributed by atoms with Crippen LogP contribution in [0.1, 0.15) is 13.3 Å². The maximum atomic E-state index is 11.8. The van der Waals surface area contributed by atoms with E-state index in [-0.39, 0.29) is 6.09 Å². The van der Waals surface area contributed by atoms with Gasteiger partial charge in [0.05, 0.1) is 12.6 Å². The molecule has 2 fully saturated rings. The fraction of sp³-hybridized carbons (Fsp3) is 0.533. The van der Waals surface area contributed by atoms with Gasteiger partial charge in [0.15, 0.2) is 0 Å². The Morgan fingerprint density at radius 2 is 2.11 bits per heavy atom. The van der Waals surface area contributed by atoms with Gasteiger partial charge in [0.1, 0.15) is 0 Å². The van der Waals surface area contributed by atoms with Gasteiger partial charge in [-0.15, -0.1) is 0 Å². The van der Waals surface area contributed by atoms with Crippen molar-refractivity contribution in [3.8, 4) is 0 Å². The molecule has 2 saturated heterocycles. The highest BCUT2D eigenvalue weighted by Gasteiger charge is 2.43. The fourth-order valence-corrected chi connectivity index (χ4v) is 3.27. The lowest BCUT2D eigenvalue weighted by molar-refractivity contribution is 0.113. The summed E-state index contributed by atoms with van der Waals surface area (Å²) in [5.74, 6) is 0.588. The van der Waals surface area contributed by atoms with Crippen molar-refractivity contribution in [2.45, 2.75) is 19.4 Å². The van der Waals surface area contributed by atoms with Crippen molar-refractivity contribution in [2.24, 2.45) is 5.92 Å². The highest BCUT2D eigenvalue weighted by Crippen LogP contribution is 2.35. The summed E-state index contributed by atoms with van der Waals surface area (Å²) in [5.41, 5.74) is 1.26. The van der Waals surface area contributed by atoms with Crippen molar-refractivity contribution in [1.29, 1.82) is 0 Å². The third-order valence-corrected chi connectivity index (χ3v) is 4.16. The van der Waals surface area contributed by atoms with Crippen LogP contribution in [0.4, 0.5) is 10.5 Å². The van der Waals surface area contributed by atoms with Crippen LogP contribution >= 0.6 is 0 Å². The molecule has 0 radical (unpaired) electrons. The van der Waals surface area contributed by atoms with Crippen molar-refractivity contribution in [3.63, 3.8) is 0 Å². The molecule has 0 aliphatic carbocycles. The minimum atomic E-state index is -0.162. The first kappa shape index (κ1) is 12.3. The minimum absolute atomic E-state index is 0.162. The van der Waals surface area contributed by atoms with Crippen molar-refractivity contribution in [1.82, 2.24) is 4.90 Å². The molecule has 0 bridgehead atoms. The van der Waals surface area contributed by atoms with Crippen LogP contribution in [0.2, 0.25) is 0 Å². The monoisotopic (exact) mass is 260 g/mol. The summed E-state index contributed by atoms with van der Waals surface area (Å²) in [4.78, 5) is 16.1. The summed E-state index contributed by atoms with van der Waals surface area (Å²) in [6, 6.07) is 10.9. The molecule has 1 aromatic carbocycles. The third kappa shape index (κ3) is 2.27. The Bertz CT molecular complexity index is 449. The minimum Gasteiger partial charge on any atom is -0.450 e. The molecular formula is C15H20N2O2. The van der Waals surface area contributed by atoms with E-state index in [9.17, 15) is 4.79 Å². The van der Waals surface area contributed by atoms with Crippen LogP contribution in [0, 0.1) is 5.92 Å². The zero-order valence-electron chi connectivity index (χ0n) is 11.3. The molecular weight excluding hydrogens is 240 g/mol. The topological polar surface area (TPSA) is 32.8 Å². The van der Waals surface area contributed by atoms with Gasteiger partial charge in [0, 0.05) is 31.2 Å². The first-order chi connectivity index (χ1) is 9.29. The second-order valence-electron chi connectivity index (χ2n) is 5.25. The van der Waals surface area contributed by atoms with Crippen molar-refractivity contribution >= 4 is 11.8 Å². The Morgan fingerprint density at radius 3 is 2.84 bits per heavy atom. The van der Waals surface area contributed by atoms with E-state index in [1.807, 2.05) is 17.9 Å². The maximum Gasteiger partial charge on any atom is 0.409 e. The van der Waals surface area contributed by atoms with Crippen LogP contribution in [0.15, 0.2) is 30.3 Å². The summed E-state index contributed by atoms with van der Waals surface area (Å²) in [6.45, 7) is 5.03. The van der Waals surface area contributed by atoms with E-state index in [0.717, 1.165) is 26.1 Å². The predicted octanol–water partition coefficient (Wildman–Crippen LogP) is 2.35. The molecule has 0 spiro atoms. The zero-order valence-corrected chi connectivity index (χ0v) is 11.3. The average molecular weight is 260 g/mol. The Kier molecular flexibility index (Phi) is 3.32. The molecule has 2 heterocycles. The Morgan fingerprint density at radius 1 is 1.32 bits per heavy atom. The molecule has 2 aliphatic heterocycles. The van der Waals surface area contributed by atoms with Gasteiger partial charge < -0.3 is 14.5 Å². The largest absolute Gasteiger partial charge is 0.450 e. The standard InChI is InChI=1S/C15H20N2O2/c1-2-19-15(18)16-10-12-8-9-17(14(12)11-16)13-6-4-3-5-7-13/h3-7,12,14H,2,8-11H2,1H3. The van der Waals surface area contributed by atoms with Gasteiger partial charge in [-0.25, -0.2) is 4.79 Å². The molecule has 102 valence electrons. The summed E-state index contributed by atoms with van der Waals surface area (Å²) >= 11 is 0. The molecule has 1 amide bonds. The van der Waals surface area contributed by atoms with Gasteiger partial charge in [0.2, 0.25) is 0 Å². The number of nitrogens with zero attached hydrogens (tertiary/aromatic N) is 2. The molecule has 3 rings (SSSR count). The van der Waals surface area contributed by atoms with Crippen LogP contribution in [0.3, 0.4) is 0 Å². The number of para-hydroxylation sites is 1. The van der Waals surface area contributed by atoms with Crippen LogP contribution in [0.5, 0.6) is 0 Å².